The van der Waals surface area contributed by atoms with Gasteiger partial charge in [0.25, 0.3) is 5.88 Å². The molecule has 1 aliphatic rings. The summed E-state index contributed by atoms with van der Waals surface area (Å²) in [5.41, 5.74) is 6.52. The Bertz CT molecular complexity index is 980. The van der Waals surface area contributed by atoms with Crippen molar-refractivity contribution in [2.24, 2.45) is 0 Å². The number of benzene rings is 1. The highest BCUT2D eigenvalue weighted by atomic mass is 19.1. The van der Waals surface area contributed by atoms with Gasteiger partial charge in [-0.15, -0.1) is 0 Å². The van der Waals surface area contributed by atoms with E-state index in [9.17, 15) is 9.18 Å². The van der Waals surface area contributed by atoms with Gasteiger partial charge in [0.05, 0.1) is 18.5 Å². The number of hydrogen-bond acceptors (Lipinski definition) is 8. The number of aromatic nitrogens is 4. The highest BCUT2D eigenvalue weighted by molar-refractivity contribution is 5.92. The third kappa shape index (κ3) is 3.20. The molecule has 2 aromatic heterocycles. The summed E-state index contributed by atoms with van der Waals surface area (Å²) < 4.78 is 26.2. The van der Waals surface area contributed by atoms with E-state index in [4.69, 9.17) is 20.3 Å². The normalized spacial score (nSPS) is 22.2. The fourth-order valence-corrected chi connectivity index (χ4v) is 2.93. The molecular weight excluding hydrogens is 357 g/mol. The van der Waals surface area contributed by atoms with Crippen molar-refractivity contribution in [2.75, 3.05) is 12.3 Å². The molecule has 1 aliphatic heterocycles. The Morgan fingerprint density at radius 1 is 1.37 bits per heavy atom. The van der Waals surface area contributed by atoms with Gasteiger partial charge in [0, 0.05) is 6.42 Å². The molecule has 10 heteroatoms. The van der Waals surface area contributed by atoms with Crippen LogP contribution in [-0.2, 0) is 4.74 Å². The molecule has 4 rings (SSSR count). The zero-order valence-corrected chi connectivity index (χ0v) is 14.0. The lowest BCUT2D eigenvalue weighted by molar-refractivity contribution is -0.0323. The van der Waals surface area contributed by atoms with Crippen LogP contribution in [0.25, 0.3) is 11.2 Å². The summed E-state index contributed by atoms with van der Waals surface area (Å²) in [4.78, 5) is 24.5. The fraction of sp³-hybridized carbons (Fsp3) is 0.294. The molecule has 1 saturated heterocycles. The van der Waals surface area contributed by atoms with Crippen molar-refractivity contribution in [3.05, 3.63) is 42.2 Å². The van der Waals surface area contributed by atoms with E-state index in [0.29, 0.717) is 5.56 Å². The number of rotatable bonds is 4. The summed E-state index contributed by atoms with van der Waals surface area (Å²) in [6, 6.07) is 8.39. The van der Waals surface area contributed by atoms with Crippen molar-refractivity contribution in [2.45, 2.75) is 24.9 Å². The van der Waals surface area contributed by atoms with Crippen molar-refractivity contribution in [3.8, 4) is 5.88 Å². The van der Waals surface area contributed by atoms with Crippen LogP contribution in [0.4, 0.5) is 10.3 Å². The average Bonchev–Trinajstić information content (AvgIpc) is 3.25. The van der Waals surface area contributed by atoms with Crippen molar-refractivity contribution >= 4 is 23.1 Å². The smallest absolute Gasteiger partial charge is 0.344 e. The Kier molecular flexibility index (Phi) is 4.42. The van der Waals surface area contributed by atoms with Gasteiger partial charge in [-0.2, -0.15) is 9.97 Å². The van der Waals surface area contributed by atoms with Crippen molar-refractivity contribution in [1.29, 1.82) is 0 Å². The first kappa shape index (κ1) is 17.3. The first-order valence-corrected chi connectivity index (χ1v) is 8.24. The Balaban J connectivity index is 1.68. The molecule has 1 aromatic carbocycles. The maximum atomic E-state index is 13.9. The van der Waals surface area contributed by atoms with Crippen LogP contribution < -0.4 is 10.5 Å². The molecule has 0 bridgehead atoms. The van der Waals surface area contributed by atoms with E-state index in [1.807, 2.05) is 0 Å². The summed E-state index contributed by atoms with van der Waals surface area (Å²) in [5.74, 6) is -0.849. The minimum absolute atomic E-state index is 0.0275. The van der Waals surface area contributed by atoms with E-state index < -0.39 is 31.1 Å². The van der Waals surface area contributed by atoms with Gasteiger partial charge in [0.2, 0.25) is 5.95 Å². The fourth-order valence-electron chi connectivity index (χ4n) is 2.93. The van der Waals surface area contributed by atoms with Crippen LogP contribution in [0.2, 0.25) is 0 Å². The SMILES string of the molecule is Nc1nc(OC(=O)c2ccccc2)c2ncn([C@H]3C[C@H](F)[C@@H](CO)O3)c2n1. The molecule has 0 spiro atoms. The summed E-state index contributed by atoms with van der Waals surface area (Å²) in [7, 11) is 0. The molecule has 3 atom stereocenters. The highest BCUT2D eigenvalue weighted by Crippen LogP contribution is 2.34. The number of carbonyl (C=O) groups is 1. The van der Waals surface area contributed by atoms with Gasteiger partial charge in [-0.05, 0) is 12.1 Å². The highest BCUT2D eigenvalue weighted by Gasteiger charge is 2.37. The summed E-state index contributed by atoms with van der Waals surface area (Å²) in [6.07, 6.45) is -1.53. The van der Waals surface area contributed by atoms with E-state index in [-0.39, 0.29) is 29.4 Å². The Morgan fingerprint density at radius 3 is 2.85 bits per heavy atom. The van der Waals surface area contributed by atoms with Crippen molar-refractivity contribution in [3.63, 3.8) is 0 Å². The van der Waals surface area contributed by atoms with Gasteiger partial charge in [-0.25, -0.2) is 14.2 Å². The second-order valence-electron chi connectivity index (χ2n) is 6.03. The molecule has 140 valence electrons. The number of halogens is 1. The largest absolute Gasteiger partial charge is 0.401 e. The number of carbonyl (C=O) groups excluding carboxylic acids is 1. The zero-order valence-electron chi connectivity index (χ0n) is 14.0. The van der Waals surface area contributed by atoms with Crippen LogP contribution >= 0.6 is 0 Å². The van der Waals surface area contributed by atoms with Gasteiger partial charge in [0.1, 0.15) is 18.5 Å². The molecule has 3 aromatic rings. The number of nitrogens with two attached hydrogens (primary N) is 1. The molecule has 1 fully saturated rings. The molecule has 3 heterocycles. The van der Waals surface area contributed by atoms with Crippen LogP contribution in [0, 0.1) is 0 Å². The Labute approximate surface area is 152 Å². The monoisotopic (exact) mass is 373 g/mol. The lowest BCUT2D eigenvalue weighted by Gasteiger charge is -2.13. The van der Waals surface area contributed by atoms with E-state index in [0.717, 1.165) is 0 Å². The zero-order chi connectivity index (χ0) is 19.0. The number of ether oxygens (including phenoxy) is 2. The number of imidazole rings is 1. The second-order valence-corrected chi connectivity index (χ2v) is 6.03. The van der Waals surface area contributed by atoms with E-state index >= 15 is 0 Å². The number of aliphatic hydroxyl groups excluding tert-OH is 1. The number of hydrogen-bond donors (Lipinski definition) is 2. The van der Waals surface area contributed by atoms with Gasteiger partial charge >= 0.3 is 5.97 Å². The van der Waals surface area contributed by atoms with Crippen LogP contribution in [0.15, 0.2) is 36.7 Å². The predicted molar refractivity (Wildman–Crippen MR) is 91.6 cm³/mol. The molecule has 3 N–H and O–H groups in total. The van der Waals surface area contributed by atoms with Crippen molar-refractivity contribution < 1.29 is 23.8 Å². The van der Waals surface area contributed by atoms with Crippen LogP contribution in [0.3, 0.4) is 0 Å². The summed E-state index contributed by atoms with van der Waals surface area (Å²) >= 11 is 0. The number of nitrogens with zero attached hydrogens (tertiary/aromatic N) is 4. The predicted octanol–water partition coefficient (Wildman–Crippen LogP) is 1.25. The lowest BCUT2D eigenvalue weighted by atomic mass is 10.2. The minimum atomic E-state index is -1.31. The molecule has 0 aliphatic carbocycles. The summed E-state index contributed by atoms with van der Waals surface area (Å²) in [5, 5.41) is 9.17. The molecule has 27 heavy (non-hydrogen) atoms. The quantitative estimate of drug-likeness (QED) is 0.655. The van der Waals surface area contributed by atoms with E-state index in [2.05, 4.69) is 15.0 Å². The minimum Gasteiger partial charge on any atom is -0.401 e. The number of aliphatic hydroxyl groups is 1. The average molecular weight is 373 g/mol. The molecule has 0 saturated carbocycles. The van der Waals surface area contributed by atoms with Gasteiger partial charge in [0.15, 0.2) is 11.2 Å². The third-order valence-electron chi connectivity index (χ3n) is 4.26. The Hall–Kier alpha value is -3.11. The molecule has 0 amide bonds. The van der Waals surface area contributed by atoms with Crippen LogP contribution in [-0.4, -0.2) is 49.5 Å². The maximum absolute atomic E-state index is 13.9. The topological polar surface area (TPSA) is 125 Å². The molecule has 9 nitrogen and oxygen atoms in total. The number of alkyl halides is 1. The van der Waals surface area contributed by atoms with E-state index in [1.165, 1.54) is 10.9 Å². The molecule has 0 radical (unpaired) electrons. The lowest BCUT2D eigenvalue weighted by Crippen LogP contribution is -2.21. The standard InChI is InChI=1S/C17H16FN5O4/c18-10-6-12(26-11(10)7-24)23-8-20-13-14(23)21-17(19)22-15(13)27-16(25)9-4-2-1-3-5-9/h1-5,8,10-12,24H,6-7H2,(H2,19,21,22)/t10-,11+,12+/m0/s1. The third-order valence-corrected chi connectivity index (χ3v) is 4.26. The molecule has 0 unspecified atom stereocenters. The van der Waals surface area contributed by atoms with Gasteiger partial charge in [-0.3, -0.25) is 4.57 Å². The first-order chi connectivity index (χ1) is 13.1. The van der Waals surface area contributed by atoms with E-state index in [1.54, 1.807) is 30.3 Å². The second kappa shape index (κ2) is 6.89. The van der Waals surface area contributed by atoms with Crippen LogP contribution in [0.1, 0.15) is 23.0 Å². The summed E-state index contributed by atoms with van der Waals surface area (Å²) in [6.45, 7) is -0.429. The number of fused-ring (bicyclic) bond motifs is 1. The number of anilines is 1. The van der Waals surface area contributed by atoms with Gasteiger partial charge < -0.3 is 20.3 Å². The van der Waals surface area contributed by atoms with Crippen LogP contribution in [0.5, 0.6) is 5.88 Å². The number of esters is 1. The first-order valence-electron chi connectivity index (χ1n) is 8.24. The van der Waals surface area contributed by atoms with Crippen molar-refractivity contribution in [1.82, 2.24) is 19.5 Å². The Morgan fingerprint density at radius 2 is 2.15 bits per heavy atom. The molecular formula is C17H16FN5O4. The number of nitrogen functional groups attached to an aromatic ring is 1. The maximum Gasteiger partial charge on any atom is 0.344 e. The van der Waals surface area contributed by atoms with Gasteiger partial charge in [-0.1, -0.05) is 18.2 Å².